The fraction of sp³-hybridized carbons (Fsp3) is 0.400. The van der Waals surface area contributed by atoms with Crippen LogP contribution in [0.3, 0.4) is 0 Å². The molecule has 0 saturated carbocycles. The van der Waals surface area contributed by atoms with E-state index in [1.807, 2.05) is 13.0 Å². The second kappa shape index (κ2) is 7.77. The number of aryl methyl sites for hydroxylation is 2. The molecule has 1 aliphatic heterocycles. The number of nitrogens with zero attached hydrogens (tertiary/aromatic N) is 6. The zero-order chi connectivity index (χ0) is 21.5. The number of carbonyl (C=O) groups is 1. The predicted octanol–water partition coefficient (Wildman–Crippen LogP) is 2.19. The van der Waals surface area contributed by atoms with Crippen LogP contribution >= 0.6 is 0 Å². The number of rotatable bonds is 4. The summed E-state index contributed by atoms with van der Waals surface area (Å²) >= 11 is 0. The first-order chi connectivity index (χ1) is 14.3. The Morgan fingerprint density at radius 1 is 1.20 bits per heavy atom. The van der Waals surface area contributed by atoms with Crippen molar-refractivity contribution in [1.82, 2.24) is 28.6 Å². The van der Waals surface area contributed by atoms with E-state index in [1.54, 1.807) is 29.8 Å². The van der Waals surface area contributed by atoms with Gasteiger partial charge in [-0.15, -0.1) is 0 Å². The van der Waals surface area contributed by atoms with E-state index in [-0.39, 0.29) is 16.5 Å². The van der Waals surface area contributed by atoms with E-state index in [9.17, 15) is 13.2 Å². The van der Waals surface area contributed by atoms with Crippen LogP contribution in [0.4, 0.5) is 0 Å². The standard InChI is InChI=1S/C20H24N6O3S/c1-14-5-4-8-25(11-14)30(28,29)17-6-7-19(21-10-17)24-12-18(22-13-24)20(27)26-16(3)9-15(2)23-26/h6-7,9-10,12-14H,4-5,8,11H2,1-3H3/t14-/m1/s1. The number of carbonyl (C=O) groups excluding carboxylic acids is 1. The fourth-order valence-corrected chi connectivity index (χ4v) is 5.24. The Hall–Kier alpha value is -2.85. The topological polar surface area (TPSA) is 103 Å². The van der Waals surface area contributed by atoms with Crippen molar-refractivity contribution in [3.8, 4) is 5.82 Å². The molecule has 0 aliphatic carbocycles. The highest BCUT2D eigenvalue weighted by Gasteiger charge is 2.29. The Morgan fingerprint density at radius 2 is 2.00 bits per heavy atom. The highest BCUT2D eigenvalue weighted by molar-refractivity contribution is 7.89. The molecule has 1 fully saturated rings. The van der Waals surface area contributed by atoms with Crippen LogP contribution in [0.25, 0.3) is 5.82 Å². The molecule has 4 rings (SSSR count). The molecular weight excluding hydrogens is 404 g/mol. The molecule has 3 aromatic heterocycles. The summed E-state index contributed by atoms with van der Waals surface area (Å²) < 4.78 is 30.2. The summed E-state index contributed by atoms with van der Waals surface area (Å²) in [5.41, 5.74) is 1.70. The molecule has 1 aliphatic rings. The quantitative estimate of drug-likeness (QED) is 0.631. The van der Waals surface area contributed by atoms with E-state index in [0.29, 0.717) is 24.8 Å². The maximum Gasteiger partial charge on any atom is 0.298 e. The van der Waals surface area contributed by atoms with Gasteiger partial charge in [0, 0.05) is 31.2 Å². The summed E-state index contributed by atoms with van der Waals surface area (Å²) in [5.74, 6) is 0.489. The van der Waals surface area contributed by atoms with Gasteiger partial charge in [-0.1, -0.05) is 6.92 Å². The molecule has 1 atom stereocenters. The molecule has 0 aromatic carbocycles. The highest BCUT2D eigenvalue weighted by atomic mass is 32.2. The summed E-state index contributed by atoms with van der Waals surface area (Å²) in [6.45, 7) is 6.75. The van der Waals surface area contributed by atoms with Crippen molar-refractivity contribution < 1.29 is 13.2 Å². The smallest absolute Gasteiger partial charge is 0.290 e. The monoisotopic (exact) mass is 428 g/mol. The van der Waals surface area contributed by atoms with Gasteiger partial charge in [-0.25, -0.2) is 18.4 Å². The van der Waals surface area contributed by atoms with Crippen molar-refractivity contribution in [3.63, 3.8) is 0 Å². The molecule has 10 heteroatoms. The van der Waals surface area contributed by atoms with Gasteiger partial charge in [0.05, 0.1) is 5.69 Å². The van der Waals surface area contributed by atoms with Gasteiger partial charge >= 0.3 is 0 Å². The van der Waals surface area contributed by atoms with Gasteiger partial charge < -0.3 is 0 Å². The third-order valence-electron chi connectivity index (χ3n) is 5.25. The van der Waals surface area contributed by atoms with Gasteiger partial charge in [0.15, 0.2) is 0 Å². The Kier molecular flexibility index (Phi) is 5.29. The van der Waals surface area contributed by atoms with Crippen molar-refractivity contribution in [3.05, 3.63) is 54.0 Å². The lowest BCUT2D eigenvalue weighted by Crippen LogP contribution is -2.39. The number of aromatic nitrogens is 5. The molecule has 0 amide bonds. The number of piperidine rings is 1. The van der Waals surface area contributed by atoms with Crippen LogP contribution in [0.1, 0.15) is 41.6 Å². The summed E-state index contributed by atoms with van der Waals surface area (Å²) in [4.78, 5) is 21.2. The van der Waals surface area contributed by atoms with E-state index in [1.165, 1.54) is 21.5 Å². The van der Waals surface area contributed by atoms with Gasteiger partial charge in [0.1, 0.15) is 22.7 Å². The first-order valence-corrected chi connectivity index (χ1v) is 11.3. The van der Waals surface area contributed by atoms with E-state index in [2.05, 4.69) is 22.0 Å². The minimum absolute atomic E-state index is 0.166. The normalized spacial score (nSPS) is 17.9. The molecule has 9 nitrogen and oxygen atoms in total. The third-order valence-corrected chi connectivity index (χ3v) is 7.10. The number of imidazole rings is 1. The maximum absolute atomic E-state index is 12.9. The van der Waals surface area contributed by atoms with Crippen LogP contribution in [-0.2, 0) is 10.0 Å². The molecule has 0 bridgehead atoms. The van der Waals surface area contributed by atoms with Crippen LogP contribution in [-0.4, -0.2) is 56.0 Å². The second-order valence-electron chi connectivity index (χ2n) is 7.77. The highest BCUT2D eigenvalue weighted by Crippen LogP contribution is 2.23. The lowest BCUT2D eigenvalue weighted by atomic mass is 10.0. The Morgan fingerprint density at radius 3 is 2.63 bits per heavy atom. The minimum atomic E-state index is -3.56. The van der Waals surface area contributed by atoms with Crippen LogP contribution in [0.2, 0.25) is 0 Å². The van der Waals surface area contributed by atoms with Gasteiger partial charge in [-0.3, -0.25) is 9.36 Å². The number of hydrogen-bond donors (Lipinski definition) is 0. The first-order valence-electron chi connectivity index (χ1n) is 9.84. The van der Waals surface area contributed by atoms with Gasteiger partial charge in [-0.2, -0.15) is 14.1 Å². The summed E-state index contributed by atoms with van der Waals surface area (Å²) in [5, 5.41) is 4.19. The van der Waals surface area contributed by atoms with E-state index >= 15 is 0 Å². The molecule has 0 spiro atoms. The third kappa shape index (κ3) is 3.80. The van der Waals surface area contributed by atoms with E-state index in [4.69, 9.17) is 0 Å². The SMILES string of the molecule is Cc1cc(C)n(C(=O)c2cn(-c3ccc(S(=O)(=O)N4CCC[C@@H](C)C4)cn3)cn2)n1. The van der Waals surface area contributed by atoms with E-state index in [0.717, 1.165) is 24.2 Å². The Balaban J connectivity index is 1.55. The molecule has 4 heterocycles. The zero-order valence-electron chi connectivity index (χ0n) is 17.2. The molecule has 1 saturated heterocycles. The molecule has 3 aromatic rings. The van der Waals surface area contributed by atoms with Gasteiger partial charge in [-0.05, 0) is 50.8 Å². The van der Waals surface area contributed by atoms with Crippen molar-refractivity contribution in [1.29, 1.82) is 0 Å². The van der Waals surface area contributed by atoms with Crippen molar-refractivity contribution in [2.45, 2.75) is 38.5 Å². The van der Waals surface area contributed by atoms with E-state index < -0.39 is 10.0 Å². The van der Waals surface area contributed by atoms with Crippen LogP contribution < -0.4 is 0 Å². The van der Waals surface area contributed by atoms with Crippen molar-refractivity contribution >= 4 is 15.9 Å². The van der Waals surface area contributed by atoms with Crippen molar-refractivity contribution in [2.75, 3.05) is 13.1 Å². The predicted molar refractivity (Wildman–Crippen MR) is 110 cm³/mol. The number of hydrogen-bond acceptors (Lipinski definition) is 6. The number of sulfonamides is 1. The Labute approximate surface area is 175 Å². The maximum atomic E-state index is 12.9. The van der Waals surface area contributed by atoms with Crippen molar-refractivity contribution in [2.24, 2.45) is 5.92 Å². The van der Waals surface area contributed by atoms with Gasteiger partial charge in [0.25, 0.3) is 5.91 Å². The zero-order valence-corrected chi connectivity index (χ0v) is 18.0. The molecule has 0 unspecified atom stereocenters. The summed E-state index contributed by atoms with van der Waals surface area (Å²) in [7, 11) is -3.56. The molecular formula is C20H24N6O3S. The number of pyridine rings is 1. The fourth-order valence-electron chi connectivity index (χ4n) is 3.69. The molecule has 0 radical (unpaired) electrons. The molecule has 30 heavy (non-hydrogen) atoms. The largest absolute Gasteiger partial charge is 0.298 e. The average Bonchev–Trinajstić information content (AvgIpc) is 3.34. The molecule has 158 valence electrons. The molecule has 0 N–H and O–H groups in total. The Bertz CT molecular complexity index is 1180. The summed E-state index contributed by atoms with van der Waals surface area (Å²) in [6.07, 6.45) is 6.30. The van der Waals surface area contributed by atoms with Crippen LogP contribution in [0.15, 0.2) is 41.8 Å². The second-order valence-corrected chi connectivity index (χ2v) is 9.71. The lowest BCUT2D eigenvalue weighted by Gasteiger charge is -2.29. The van der Waals surface area contributed by atoms with Crippen LogP contribution in [0.5, 0.6) is 0 Å². The minimum Gasteiger partial charge on any atom is -0.290 e. The average molecular weight is 429 g/mol. The first kappa shape index (κ1) is 20.4. The van der Waals surface area contributed by atoms with Gasteiger partial charge in [0.2, 0.25) is 10.0 Å². The lowest BCUT2D eigenvalue weighted by molar-refractivity contribution is 0.0938. The summed E-state index contributed by atoms with van der Waals surface area (Å²) in [6, 6.07) is 4.97. The van der Waals surface area contributed by atoms with Crippen LogP contribution in [0, 0.1) is 19.8 Å².